The predicted molar refractivity (Wildman–Crippen MR) is 82.6 cm³/mol. The maximum atomic E-state index is 11.5. The maximum Gasteiger partial charge on any atom is 0.180 e. The van der Waals surface area contributed by atoms with Crippen LogP contribution >= 0.6 is 23.1 Å². The molecule has 1 aromatic carbocycles. The number of ketones is 1. The minimum absolute atomic E-state index is 0.0709. The zero-order valence-corrected chi connectivity index (χ0v) is 12.5. The van der Waals surface area contributed by atoms with Crippen LogP contribution in [0.25, 0.3) is 10.2 Å². The van der Waals surface area contributed by atoms with E-state index in [1.54, 1.807) is 35.4 Å². The lowest BCUT2D eigenvalue weighted by atomic mass is 10.2. The van der Waals surface area contributed by atoms with Crippen molar-refractivity contribution in [2.75, 3.05) is 0 Å². The number of carbonyl (C=O) groups is 1. The number of carbonyl (C=O) groups excluding carboxylic acids is 1. The minimum atomic E-state index is 0.0709. The fourth-order valence-electron chi connectivity index (χ4n) is 1.78. The van der Waals surface area contributed by atoms with Gasteiger partial charge in [-0.1, -0.05) is 30.8 Å². The van der Waals surface area contributed by atoms with Crippen molar-refractivity contribution in [1.82, 2.24) is 9.97 Å². The molecule has 0 N–H and O–H groups in total. The highest BCUT2D eigenvalue weighted by Crippen LogP contribution is 2.33. The number of nitrogens with zero attached hydrogens (tertiary/aromatic N) is 2. The molecule has 0 saturated heterocycles. The molecule has 2 heterocycles. The molecule has 0 unspecified atom stereocenters. The van der Waals surface area contributed by atoms with Gasteiger partial charge >= 0.3 is 0 Å². The largest absolute Gasteiger partial charge is 0.292 e. The summed E-state index contributed by atoms with van der Waals surface area (Å²) in [6.45, 7) is 1.84. The summed E-state index contributed by atoms with van der Waals surface area (Å²) in [5, 5.41) is 0. The third kappa shape index (κ3) is 2.73. The molecule has 0 atom stereocenters. The Balaban J connectivity index is 1.82. The number of hydrogen-bond acceptors (Lipinski definition) is 5. The standard InChI is InChI=1S/C15H12N2OS2/c1-2-13(18)11-8-7-10(9-16-11)19-15-17-12-5-3-4-6-14(12)20-15/h3-9H,2H2,1H3. The van der Waals surface area contributed by atoms with E-state index in [4.69, 9.17) is 0 Å². The van der Waals surface area contributed by atoms with Crippen molar-refractivity contribution in [2.24, 2.45) is 0 Å². The average Bonchev–Trinajstić information content (AvgIpc) is 2.89. The summed E-state index contributed by atoms with van der Waals surface area (Å²) in [4.78, 5) is 21.3. The van der Waals surface area contributed by atoms with Gasteiger partial charge in [-0.25, -0.2) is 4.98 Å². The Morgan fingerprint density at radius 3 is 2.80 bits per heavy atom. The first-order valence-corrected chi connectivity index (χ1v) is 7.92. The van der Waals surface area contributed by atoms with E-state index in [0.717, 1.165) is 14.8 Å². The first kappa shape index (κ1) is 13.3. The summed E-state index contributed by atoms with van der Waals surface area (Å²) < 4.78 is 2.17. The Morgan fingerprint density at radius 1 is 1.25 bits per heavy atom. The molecule has 0 fully saturated rings. The van der Waals surface area contributed by atoms with E-state index in [0.29, 0.717) is 12.1 Å². The van der Waals surface area contributed by atoms with Crippen LogP contribution in [0.4, 0.5) is 0 Å². The Labute approximate surface area is 125 Å². The van der Waals surface area contributed by atoms with E-state index < -0.39 is 0 Å². The van der Waals surface area contributed by atoms with E-state index in [2.05, 4.69) is 16.0 Å². The number of hydrogen-bond donors (Lipinski definition) is 0. The average molecular weight is 300 g/mol. The molecular weight excluding hydrogens is 288 g/mol. The summed E-state index contributed by atoms with van der Waals surface area (Å²) in [7, 11) is 0. The third-order valence-electron chi connectivity index (χ3n) is 2.82. The number of thiazole rings is 1. The Bertz CT molecular complexity index is 717. The molecule has 0 amide bonds. The first-order chi connectivity index (χ1) is 9.76. The van der Waals surface area contributed by atoms with Gasteiger partial charge in [-0.15, -0.1) is 11.3 Å². The van der Waals surface area contributed by atoms with Gasteiger partial charge in [-0.2, -0.15) is 0 Å². The van der Waals surface area contributed by atoms with Gasteiger partial charge in [-0.05, 0) is 24.3 Å². The quantitative estimate of drug-likeness (QED) is 0.668. The number of Topliss-reactive ketones (excluding diaryl/α,β-unsaturated/α-hetero) is 1. The number of benzene rings is 1. The van der Waals surface area contributed by atoms with Crippen LogP contribution in [0.5, 0.6) is 0 Å². The summed E-state index contributed by atoms with van der Waals surface area (Å²) in [6.07, 6.45) is 2.22. The highest BCUT2D eigenvalue weighted by atomic mass is 32.2. The highest BCUT2D eigenvalue weighted by Gasteiger charge is 2.07. The molecule has 20 heavy (non-hydrogen) atoms. The van der Waals surface area contributed by atoms with E-state index >= 15 is 0 Å². The molecular formula is C15H12N2OS2. The molecule has 0 aliphatic carbocycles. The SMILES string of the molecule is CCC(=O)c1ccc(Sc2nc3ccccc3s2)cn1. The lowest BCUT2D eigenvalue weighted by Gasteiger charge is -1.99. The summed E-state index contributed by atoms with van der Waals surface area (Å²) in [6, 6.07) is 11.8. The van der Waals surface area contributed by atoms with Crippen LogP contribution < -0.4 is 0 Å². The van der Waals surface area contributed by atoms with Gasteiger partial charge in [0.15, 0.2) is 10.1 Å². The number of aromatic nitrogens is 2. The summed E-state index contributed by atoms with van der Waals surface area (Å²) >= 11 is 3.24. The van der Waals surface area contributed by atoms with Crippen LogP contribution in [-0.4, -0.2) is 15.8 Å². The fourth-order valence-corrected chi connectivity index (χ4v) is 3.79. The van der Waals surface area contributed by atoms with E-state index in [1.165, 1.54) is 4.70 Å². The van der Waals surface area contributed by atoms with E-state index in [-0.39, 0.29) is 5.78 Å². The summed E-state index contributed by atoms with van der Waals surface area (Å²) in [5.74, 6) is 0.0709. The highest BCUT2D eigenvalue weighted by molar-refractivity contribution is 8.01. The monoisotopic (exact) mass is 300 g/mol. The fraction of sp³-hybridized carbons (Fsp3) is 0.133. The van der Waals surface area contributed by atoms with Crippen molar-refractivity contribution in [3.05, 3.63) is 48.3 Å². The van der Waals surface area contributed by atoms with Crippen LogP contribution in [0.2, 0.25) is 0 Å². The minimum Gasteiger partial charge on any atom is -0.292 e. The van der Waals surface area contributed by atoms with Crippen LogP contribution in [0.1, 0.15) is 23.8 Å². The maximum absolute atomic E-state index is 11.5. The topological polar surface area (TPSA) is 42.9 Å². The first-order valence-electron chi connectivity index (χ1n) is 6.29. The Morgan fingerprint density at radius 2 is 2.10 bits per heavy atom. The number of rotatable bonds is 4. The zero-order valence-electron chi connectivity index (χ0n) is 10.9. The van der Waals surface area contributed by atoms with Gasteiger partial charge in [0, 0.05) is 17.5 Å². The number of pyridine rings is 1. The van der Waals surface area contributed by atoms with Gasteiger partial charge in [0.2, 0.25) is 0 Å². The molecule has 2 aromatic heterocycles. The molecule has 0 bridgehead atoms. The van der Waals surface area contributed by atoms with Crippen LogP contribution in [0.15, 0.2) is 51.8 Å². The van der Waals surface area contributed by atoms with Crippen molar-refractivity contribution < 1.29 is 4.79 Å². The molecule has 0 spiro atoms. The van der Waals surface area contributed by atoms with E-state index in [9.17, 15) is 4.79 Å². The lowest BCUT2D eigenvalue weighted by Crippen LogP contribution is -1.99. The second-order valence-corrected chi connectivity index (χ2v) is 6.56. The Hall–Kier alpha value is -1.72. The molecule has 0 saturated carbocycles. The second-order valence-electron chi connectivity index (χ2n) is 4.21. The third-order valence-corrected chi connectivity index (χ3v) is 4.90. The van der Waals surface area contributed by atoms with Crippen molar-refractivity contribution in [1.29, 1.82) is 0 Å². The molecule has 5 heteroatoms. The number of fused-ring (bicyclic) bond motifs is 1. The molecule has 3 aromatic rings. The van der Waals surface area contributed by atoms with E-state index in [1.807, 2.05) is 31.2 Å². The molecule has 3 rings (SSSR count). The van der Waals surface area contributed by atoms with Gasteiger partial charge < -0.3 is 0 Å². The van der Waals surface area contributed by atoms with Crippen molar-refractivity contribution >= 4 is 39.1 Å². The summed E-state index contributed by atoms with van der Waals surface area (Å²) in [5.41, 5.74) is 1.55. The molecule has 0 radical (unpaired) electrons. The molecule has 100 valence electrons. The van der Waals surface area contributed by atoms with Gasteiger partial charge in [0.05, 0.1) is 10.2 Å². The van der Waals surface area contributed by atoms with Gasteiger partial charge in [-0.3, -0.25) is 9.78 Å². The van der Waals surface area contributed by atoms with Crippen LogP contribution in [0, 0.1) is 0 Å². The molecule has 3 nitrogen and oxygen atoms in total. The van der Waals surface area contributed by atoms with Crippen molar-refractivity contribution in [2.45, 2.75) is 22.6 Å². The van der Waals surface area contributed by atoms with Crippen molar-refractivity contribution in [3.63, 3.8) is 0 Å². The van der Waals surface area contributed by atoms with Gasteiger partial charge in [0.25, 0.3) is 0 Å². The zero-order chi connectivity index (χ0) is 13.9. The normalized spacial score (nSPS) is 10.8. The molecule has 0 aliphatic rings. The predicted octanol–water partition coefficient (Wildman–Crippen LogP) is 4.44. The second kappa shape index (κ2) is 5.73. The van der Waals surface area contributed by atoms with Crippen molar-refractivity contribution in [3.8, 4) is 0 Å². The van der Waals surface area contributed by atoms with Crippen LogP contribution in [0.3, 0.4) is 0 Å². The lowest BCUT2D eigenvalue weighted by molar-refractivity contribution is 0.0983. The number of para-hydroxylation sites is 1. The van der Waals surface area contributed by atoms with Crippen LogP contribution in [-0.2, 0) is 0 Å². The van der Waals surface area contributed by atoms with Gasteiger partial charge in [0.1, 0.15) is 5.69 Å². The smallest absolute Gasteiger partial charge is 0.180 e. The Kier molecular flexibility index (Phi) is 3.80. The molecule has 0 aliphatic heterocycles.